The zero-order chi connectivity index (χ0) is 19.6. The Labute approximate surface area is 160 Å². The van der Waals surface area contributed by atoms with E-state index in [-0.39, 0.29) is 18.0 Å². The van der Waals surface area contributed by atoms with Crippen molar-refractivity contribution >= 4 is 11.9 Å². The second-order valence-electron chi connectivity index (χ2n) is 6.40. The Hall–Kier alpha value is -2.48. The van der Waals surface area contributed by atoms with E-state index < -0.39 is 0 Å². The Bertz CT molecular complexity index is 630. The molecule has 1 aromatic carbocycles. The summed E-state index contributed by atoms with van der Waals surface area (Å²) in [6.07, 6.45) is 2.13. The first-order valence-electron chi connectivity index (χ1n) is 9.44. The molecule has 150 valence electrons. The highest BCUT2D eigenvalue weighted by Gasteiger charge is 2.25. The van der Waals surface area contributed by atoms with Gasteiger partial charge >= 0.3 is 6.03 Å². The molecule has 0 aliphatic carbocycles. The lowest BCUT2D eigenvalue weighted by atomic mass is 10.0. The average molecular weight is 378 g/mol. The molecule has 0 unspecified atom stereocenters. The van der Waals surface area contributed by atoms with Crippen molar-refractivity contribution in [1.29, 1.82) is 0 Å². The molecule has 1 heterocycles. The molecule has 1 aliphatic rings. The lowest BCUT2D eigenvalue weighted by molar-refractivity contribution is 0.0913. The van der Waals surface area contributed by atoms with Gasteiger partial charge in [0.25, 0.3) is 5.91 Å². The number of para-hydroxylation sites is 1. The maximum Gasteiger partial charge on any atom is 0.317 e. The number of amides is 3. The first-order valence-corrected chi connectivity index (χ1v) is 9.44. The largest absolute Gasteiger partial charge is 0.493 e. The van der Waals surface area contributed by atoms with Gasteiger partial charge in [-0.2, -0.15) is 0 Å². The van der Waals surface area contributed by atoms with E-state index in [9.17, 15) is 9.59 Å². The molecule has 1 fully saturated rings. The van der Waals surface area contributed by atoms with Crippen LogP contribution in [0.5, 0.6) is 11.5 Å². The number of nitrogens with two attached hydrogens (primary N) is 1. The first kappa shape index (κ1) is 20.8. The molecule has 2 rings (SSSR count). The highest BCUT2D eigenvalue weighted by molar-refractivity contribution is 5.98. The van der Waals surface area contributed by atoms with Gasteiger partial charge in [-0.05, 0) is 44.9 Å². The number of nitrogens with zero attached hydrogens (tertiary/aromatic N) is 1. The molecule has 0 bridgehead atoms. The minimum atomic E-state index is -0.201. The molecule has 1 saturated heterocycles. The summed E-state index contributed by atoms with van der Waals surface area (Å²) in [7, 11) is 1.55. The summed E-state index contributed by atoms with van der Waals surface area (Å²) in [5.41, 5.74) is 5.96. The third kappa shape index (κ3) is 5.75. The fourth-order valence-corrected chi connectivity index (χ4v) is 3.01. The number of hydrogen-bond donors (Lipinski definition) is 3. The van der Waals surface area contributed by atoms with E-state index in [1.54, 1.807) is 30.2 Å². The number of piperidine rings is 1. The predicted molar refractivity (Wildman–Crippen MR) is 103 cm³/mol. The second-order valence-corrected chi connectivity index (χ2v) is 6.40. The molecule has 27 heavy (non-hydrogen) atoms. The number of rotatable bonds is 8. The number of hydrogen-bond acceptors (Lipinski definition) is 5. The van der Waals surface area contributed by atoms with E-state index in [4.69, 9.17) is 15.2 Å². The van der Waals surface area contributed by atoms with Gasteiger partial charge in [0.2, 0.25) is 0 Å². The summed E-state index contributed by atoms with van der Waals surface area (Å²) in [6, 6.07) is 5.22. The summed E-state index contributed by atoms with van der Waals surface area (Å²) in [4.78, 5) is 26.4. The molecular weight excluding hydrogens is 348 g/mol. The van der Waals surface area contributed by atoms with Gasteiger partial charge in [0.15, 0.2) is 11.5 Å². The van der Waals surface area contributed by atoms with E-state index in [1.807, 2.05) is 6.92 Å². The van der Waals surface area contributed by atoms with Crippen LogP contribution in [0.3, 0.4) is 0 Å². The lowest BCUT2D eigenvalue weighted by Crippen LogP contribution is -2.49. The summed E-state index contributed by atoms with van der Waals surface area (Å²) < 4.78 is 11.1. The maximum absolute atomic E-state index is 12.8. The third-order valence-electron chi connectivity index (χ3n) is 4.48. The number of benzene rings is 1. The molecule has 0 radical (unpaired) electrons. The van der Waals surface area contributed by atoms with Crippen molar-refractivity contribution in [3.63, 3.8) is 0 Å². The molecule has 0 aromatic heterocycles. The standard InChI is InChI=1S/C19H30N4O4/c1-3-21-19(25)23-11-8-14(9-12-23)22-18(24)15-6-4-7-16(26-2)17(15)27-13-5-10-20/h4,6-7,14H,3,5,8-13,20H2,1-2H3,(H,21,25)(H,22,24). The quantitative estimate of drug-likeness (QED) is 0.592. The van der Waals surface area contributed by atoms with Crippen LogP contribution in [0.2, 0.25) is 0 Å². The monoisotopic (exact) mass is 378 g/mol. The van der Waals surface area contributed by atoms with Gasteiger partial charge in [0.05, 0.1) is 19.3 Å². The van der Waals surface area contributed by atoms with E-state index in [1.165, 1.54) is 0 Å². The number of ether oxygens (including phenoxy) is 2. The van der Waals surface area contributed by atoms with Gasteiger partial charge in [0.1, 0.15) is 0 Å². The molecule has 3 amide bonds. The van der Waals surface area contributed by atoms with Crippen LogP contribution in [0, 0.1) is 0 Å². The Balaban J connectivity index is 1.99. The molecule has 0 saturated carbocycles. The van der Waals surface area contributed by atoms with Crippen molar-refractivity contribution < 1.29 is 19.1 Å². The molecule has 1 aliphatic heterocycles. The van der Waals surface area contributed by atoms with Crippen molar-refractivity contribution in [3.05, 3.63) is 23.8 Å². The van der Waals surface area contributed by atoms with Gasteiger partial charge in [-0.1, -0.05) is 6.07 Å². The SMILES string of the molecule is CCNC(=O)N1CCC(NC(=O)c2cccc(OC)c2OCCCN)CC1. The molecular formula is C19H30N4O4. The van der Waals surface area contributed by atoms with Crippen molar-refractivity contribution in [2.24, 2.45) is 5.73 Å². The van der Waals surface area contributed by atoms with E-state index in [2.05, 4.69) is 10.6 Å². The van der Waals surface area contributed by atoms with Gasteiger partial charge in [0, 0.05) is 25.7 Å². The zero-order valence-electron chi connectivity index (χ0n) is 16.1. The minimum Gasteiger partial charge on any atom is -0.493 e. The molecule has 8 nitrogen and oxygen atoms in total. The topological polar surface area (TPSA) is 106 Å². The molecule has 0 atom stereocenters. The van der Waals surface area contributed by atoms with E-state index >= 15 is 0 Å². The third-order valence-corrected chi connectivity index (χ3v) is 4.48. The fraction of sp³-hybridized carbons (Fsp3) is 0.579. The van der Waals surface area contributed by atoms with Gasteiger partial charge in [-0.15, -0.1) is 0 Å². The predicted octanol–water partition coefficient (Wildman–Crippen LogP) is 1.35. The van der Waals surface area contributed by atoms with Crippen LogP contribution in [0.15, 0.2) is 18.2 Å². The summed E-state index contributed by atoms with van der Waals surface area (Å²) in [5, 5.41) is 5.85. The number of urea groups is 1. The number of methoxy groups -OCH3 is 1. The fourth-order valence-electron chi connectivity index (χ4n) is 3.01. The highest BCUT2D eigenvalue weighted by Crippen LogP contribution is 2.31. The van der Waals surface area contributed by atoms with Crippen LogP contribution in [-0.2, 0) is 0 Å². The Morgan fingerprint density at radius 1 is 1.30 bits per heavy atom. The zero-order valence-corrected chi connectivity index (χ0v) is 16.1. The molecule has 0 spiro atoms. The Morgan fingerprint density at radius 3 is 2.67 bits per heavy atom. The Kier molecular flexibility index (Phi) is 8.19. The van der Waals surface area contributed by atoms with Gasteiger partial charge in [-0.25, -0.2) is 4.79 Å². The summed E-state index contributed by atoms with van der Waals surface area (Å²) >= 11 is 0. The number of carbonyl (C=O) groups is 2. The van der Waals surface area contributed by atoms with Crippen LogP contribution in [0.1, 0.15) is 36.5 Å². The molecule has 8 heteroatoms. The van der Waals surface area contributed by atoms with E-state index in [0.29, 0.717) is 56.3 Å². The maximum atomic E-state index is 12.8. The number of nitrogens with one attached hydrogen (secondary N) is 2. The van der Waals surface area contributed by atoms with E-state index in [0.717, 1.165) is 12.8 Å². The second kappa shape index (κ2) is 10.6. The molecule has 1 aromatic rings. The first-order chi connectivity index (χ1) is 13.1. The normalized spacial score (nSPS) is 14.6. The van der Waals surface area contributed by atoms with Crippen LogP contribution in [0.25, 0.3) is 0 Å². The van der Waals surface area contributed by atoms with Crippen LogP contribution < -0.4 is 25.8 Å². The minimum absolute atomic E-state index is 0.0197. The molecule has 4 N–H and O–H groups in total. The summed E-state index contributed by atoms with van der Waals surface area (Å²) in [6.45, 7) is 4.68. The number of carbonyl (C=O) groups excluding carboxylic acids is 2. The van der Waals surface area contributed by atoms with Gasteiger partial charge in [-0.3, -0.25) is 4.79 Å². The van der Waals surface area contributed by atoms with Crippen molar-refractivity contribution in [1.82, 2.24) is 15.5 Å². The van der Waals surface area contributed by atoms with Crippen molar-refractivity contribution in [3.8, 4) is 11.5 Å². The van der Waals surface area contributed by atoms with Crippen LogP contribution in [-0.4, -0.2) is 62.8 Å². The Morgan fingerprint density at radius 2 is 2.04 bits per heavy atom. The summed E-state index contributed by atoms with van der Waals surface area (Å²) in [5.74, 6) is 0.754. The average Bonchev–Trinajstić information content (AvgIpc) is 2.68. The van der Waals surface area contributed by atoms with Gasteiger partial charge < -0.3 is 30.7 Å². The van der Waals surface area contributed by atoms with Crippen molar-refractivity contribution in [2.45, 2.75) is 32.2 Å². The van der Waals surface area contributed by atoms with Crippen molar-refractivity contribution in [2.75, 3.05) is 39.9 Å². The lowest BCUT2D eigenvalue weighted by Gasteiger charge is -2.32. The smallest absolute Gasteiger partial charge is 0.317 e. The number of likely N-dealkylation sites (tertiary alicyclic amines) is 1. The van der Waals surface area contributed by atoms with Crippen LogP contribution >= 0.6 is 0 Å². The highest BCUT2D eigenvalue weighted by atomic mass is 16.5. The van der Waals surface area contributed by atoms with Crippen LogP contribution in [0.4, 0.5) is 4.79 Å².